The van der Waals surface area contributed by atoms with Crippen molar-refractivity contribution in [1.82, 2.24) is 14.8 Å². The summed E-state index contributed by atoms with van der Waals surface area (Å²) in [5, 5.41) is 6.29. The largest absolute Gasteiger partial charge is 0.250 e. The van der Waals surface area contributed by atoms with Crippen molar-refractivity contribution in [2.24, 2.45) is 11.3 Å². The molecular formula is C13H23Br2N3. The van der Waals surface area contributed by atoms with Crippen LogP contribution in [0.2, 0.25) is 0 Å². The first-order valence-electron chi connectivity index (χ1n) is 6.55. The highest BCUT2D eigenvalue weighted by Crippen LogP contribution is 2.34. The molecule has 0 saturated heterocycles. The summed E-state index contributed by atoms with van der Waals surface area (Å²) in [6.45, 7) is 7.67. The van der Waals surface area contributed by atoms with Crippen LogP contribution >= 0.6 is 31.9 Å². The lowest BCUT2D eigenvalue weighted by atomic mass is 9.81. The quantitative estimate of drug-likeness (QED) is 0.637. The van der Waals surface area contributed by atoms with Gasteiger partial charge >= 0.3 is 0 Å². The molecule has 0 aromatic carbocycles. The smallest absolute Gasteiger partial charge is 0.138 e. The molecule has 0 fully saturated rings. The van der Waals surface area contributed by atoms with Gasteiger partial charge in [-0.05, 0) is 24.2 Å². The summed E-state index contributed by atoms with van der Waals surface area (Å²) in [6.07, 6.45) is 4.92. The van der Waals surface area contributed by atoms with E-state index in [4.69, 9.17) is 0 Å². The Morgan fingerprint density at radius 1 is 1.33 bits per heavy atom. The van der Waals surface area contributed by atoms with Crippen LogP contribution in [0.4, 0.5) is 0 Å². The standard InChI is InChI=1S/C13H23Br2N3/c1-4-5-18-12(16-10-17-18)7-13(8-14,9-15)6-11(2)3/h10-11H,4-9H2,1-3H3. The van der Waals surface area contributed by atoms with E-state index in [1.807, 2.05) is 4.68 Å². The van der Waals surface area contributed by atoms with Crippen molar-refractivity contribution in [1.29, 1.82) is 0 Å². The fraction of sp³-hybridized carbons (Fsp3) is 0.846. The fourth-order valence-corrected chi connectivity index (χ4v) is 4.12. The molecule has 1 rings (SSSR count). The van der Waals surface area contributed by atoms with Crippen LogP contribution in [0.15, 0.2) is 6.33 Å². The first-order chi connectivity index (χ1) is 8.56. The third-order valence-corrected chi connectivity index (χ3v) is 5.45. The van der Waals surface area contributed by atoms with Gasteiger partial charge in [0.15, 0.2) is 0 Å². The Morgan fingerprint density at radius 2 is 2.00 bits per heavy atom. The Morgan fingerprint density at radius 3 is 2.50 bits per heavy atom. The molecule has 0 atom stereocenters. The van der Waals surface area contributed by atoms with Crippen LogP contribution in [0.5, 0.6) is 0 Å². The maximum absolute atomic E-state index is 4.43. The number of hydrogen-bond donors (Lipinski definition) is 0. The molecule has 0 unspecified atom stereocenters. The topological polar surface area (TPSA) is 30.7 Å². The molecule has 1 heterocycles. The molecule has 0 spiro atoms. The summed E-state index contributed by atoms with van der Waals surface area (Å²) in [4.78, 5) is 4.43. The molecule has 0 amide bonds. The van der Waals surface area contributed by atoms with Crippen LogP contribution in [0.25, 0.3) is 0 Å². The third kappa shape index (κ3) is 4.34. The van der Waals surface area contributed by atoms with Crippen molar-refractivity contribution >= 4 is 31.9 Å². The van der Waals surface area contributed by atoms with E-state index in [1.54, 1.807) is 6.33 Å². The monoisotopic (exact) mass is 379 g/mol. The Hall–Kier alpha value is 0.100. The number of alkyl halides is 2. The van der Waals surface area contributed by atoms with Gasteiger partial charge in [-0.15, -0.1) is 0 Å². The normalized spacial score (nSPS) is 12.3. The van der Waals surface area contributed by atoms with Gasteiger partial charge in [0.2, 0.25) is 0 Å². The SMILES string of the molecule is CCCn1ncnc1CC(CBr)(CBr)CC(C)C. The molecule has 0 N–H and O–H groups in total. The molecular weight excluding hydrogens is 358 g/mol. The highest BCUT2D eigenvalue weighted by Gasteiger charge is 2.31. The summed E-state index contributed by atoms with van der Waals surface area (Å²) in [7, 11) is 0. The average molecular weight is 381 g/mol. The predicted molar refractivity (Wildman–Crippen MR) is 83.5 cm³/mol. The number of aryl methyl sites for hydroxylation is 1. The van der Waals surface area contributed by atoms with Gasteiger partial charge in [-0.1, -0.05) is 52.6 Å². The highest BCUT2D eigenvalue weighted by molar-refractivity contribution is 9.09. The molecule has 3 nitrogen and oxygen atoms in total. The summed E-state index contributed by atoms with van der Waals surface area (Å²) in [5.41, 5.74) is 0.229. The Labute approximate surface area is 127 Å². The molecule has 5 heteroatoms. The fourth-order valence-electron chi connectivity index (χ4n) is 2.34. The predicted octanol–water partition coefficient (Wildman–Crippen LogP) is 4.05. The van der Waals surface area contributed by atoms with Crippen LogP contribution in [0.3, 0.4) is 0 Å². The zero-order valence-electron chi connectivity index (χ0n) is 11.5. The number of rotatable bonds is 8. The van der Waals surface area contributed by atoms with Crippen LogP contribution < -0.4 is 0 Å². The van der Waals surface area contributed by atoms with Gasteiger partial charge in [-0.2, -0.15) is 5.10 Å². The molecule has 0 aliphatic heterocycles. The summed E-state index contributed by atoms with van der Waals surface area (Å²) in [6, 6.07) is 0. The van der Waals surface area contributed by atoms with Gasteiger partial charge in [0.1, 0.15) is 12.2 Å². The van der Waals surface area contributed by atoms with Crippen molar-refractivity contribution in [3.05, 3.63) is 12.2 Å². The van der Waals surface area contributed by atoms with E-state index in [1.165, 1.54) is 6.42 Å². The molecule has 104 valence electrons. The second-order valence-corrected chi connectivity index (χ2v) is 6.56. The minimum Gasteiger partial charge on any atom is -0.250 e. The summed E-state index contributed by atoms with van der Waals surface area (Å²) in [5.74, 6) is 1.79. The second kappa shape index (κ2) is 7.63. The lowest BCUT2D eigenvalue weighted by Crippen LogP contribution is -2.31. The zero-order valence-corrected chi connectivity index (χ0v) is 14.7. The Bertz CT molecular complexity index is 346. The number of halogens is 2. The van der Waals surface area contributed by atoms with Crippen LogP contribution in [0, 0.1) is 11.3 Å². The maximum atomic E-state index is 4.43. The van der Waals surface area contributed by atoms with E-state index in [-0.39, 0.29) is 5.41 Å². The molecule has 0 aliphatic rings. The van der Waals surface area contributed by atoms with Crippen LogP contribution in [-0.4, -0.2) is 25.4 Å². The lowest BCUT2D eigenvalue weighted by molar-refractivity contribution is 0.293. The van der Waals surface area contributed by atoms with E-state index in [9.17, 15) is 0 Å². The van der Waals surface area contributed by atoms with Gasteiger partial charge in [-0.25, -0.2) is 4.98 Å². The van der Waals surface area contributed by atoms with E-state index in [0.717, 1.165) is 35.9 Å². The molecule has 18 heavy (non-hydrogen) atoms. The van der Waals surface area contributed by atoms with E-state index in [2.05, 4.69) is 62.7 Å². The summed E-state index contributed by atoms with van der Waals surface area (Å²) < 4.78 is 2.04. The van der Waals surface area contributed by atoms with Gasteiger partial charge in [0.25, 0.3) is 0 Å². The van der Waals surface area contributed by atoms with Gasteiger partial charge in [-0.3, -0.25) is 4.68 Å². The van der Waals surface area contributed by atoms with Crippen LogP contribution in [-0.2, 0) is 13.0 Å². The molecule has 1 aromatic heterocycles. The second-order valence-electron chi connectivity index (χ2n) is 5.44. The number of hydrogen-bond acceptors (Lipinski definition) is 2. The van der Waals surface area contributed by atoms with E-state index >= 15 is 0 Å². The molecule has 0 bridgehead atoms. The van der Waals surface area contributed by atoms with Crippen molar-refractivity contribution in [2.45, 2.75) is 46.6 Å². The maximum Gasteiger partial charge on any atom is 0.138 e. The average Bonchev–Trinajstić information content (AvgIpc) is 2.75. The third-order valence-electron chi connectivity index (χ3n) is 3.07. The molecule has 0 saturated carbocycles. The molecule has 1 aromatic rings. The lowest BCUT2D eigenvalue weighted by Gasteiger charge is -2.31. The summed E-state index contributed by atoms with van der Waals surface area (Å²) >= 11 is 7.37. The van der Waals surface area contributed by atoms with Crippen molar-refractivity contribution in [2.75, 3.05) is 10.7 Å². The van der Waals surface area contributed by atoms with Crippen molar-refractivity contribution in [3.63, 3.8) is 0 Å². The van der Waals surface area contributed by atoms with E-state index in [0.29, 0.717) is 5.92 Å². The number of aromatic nitrogens is 3. The number of nitrogens with zero attached hydrogens (tertiary/aromatic N) is 3. The Balaban J connectivity index is 2.85. The first-order valence-corrected chi connectivity index (χ1v) is 8.80. The van der Waals surface area contributed by atoms with Gasteiger partial charge in [0, 0.05) is 23.6 Å². The van der Waals surface area contributed by atoms with E-state index < -0.39 is 0 Å². The van der Waals surface area contributed by atoms with Gasteiger partial charge < -0.3 is 0 Å². The van der Waals surface area contributed by atoms with Crippen LogP contribution in [0.1, 0.15) is 39.4 Å². The highest BCUT2D eigenvalue weighted by atomic mass is 79.9. The van der Waals surface area contributed by atoms with Crippen molar-refractivity contribution in [3.8, 4) is 0 Å². The minimum absolute atomic E-state index is 0.229. The zero-order chi connectivity index (χ0) is 13.6. The van der Waals surface area contributed by atoms with Crippen molar-refractivity contribution < 1.29 is 0 Å². The molecule has 0 radical (unpaired) electrons. The minimum atomic E-state index is 0.229. The molecule has 0 aliphatic carbocycles. The van der Waals surface area contributed by atoms with Gasteiger partial charge in [0.05, 0.1) is 0 Å². The Kier molecular flexibility index (Phi) is 6.85. The first kappa shape index (κ1) is 16.2.